The Balaban J connectivity index is 2.01. The van der Waals surface area contributed by atoms with Gasteiger partial charge in [0, 0.05) is 6.54 Å². The number of carbonyl (C=O) groups excluding carboxylic acids is 1. The maximum atomic E-state index is 12.3. The van der Waals surface area contributed by atoms with Crippen LogP contribution in [-0.2, 0) is 0 Å². The Morgan fingerprint density at radius 2 is 2.04 bits per heavy atom. The first-order valence-electron chi connectivity index (χ1n) is 8.01. The summed E-state index contributed by atoms with van der Waals surface area (Å²) < 4.78 is 5.26. The molecule has 6 heteroatoms. The van der Waals surface area contributed by atoms with E-state index in [0.717, 1.165) is 18.5 Å². The molecular formula is C18H24N4O2. The molecule has 0 aliphatic carbocycles. The molecule has 0 saturated heterocycles. The Kier molecular flexibility index (Phi) is 6.12. The van der Waals surface area contributed by atoms with Gasteiger partial charge in [-0.15, -0.1) is 0 Å². The number of methoxy groups -OCH3 is 1. The maximum absolute atomic E-state index is 12.3. The number of carbonyl (C=O) groups is 1. The summed E-state index contributed by atoms with van der Waals surface area (Å²) in [6.07, 6.45) is 4.09. The number of aryl methyl sites for hydroxylation is 1. The predicted octanol–water partition coefficient (Wildman–Crippen LogP) is 3.50. The van der Waals surface area contributed by atoms with Gasteiger partial charge in [0.25, 0.3) is 5.91 Å². The minimum atomic E-state index is -0.319. The second-order valence-corrected chi connectivity index (χ2v) is 6.05. The maximum Gasteiger partial charge on any atom is 0.275 e. The molecule has 2 N–H and O–H groups in total. The lowest BCUT2D eigenvalue weighted by Gasteiger charge is -2.11. The van der Waals surface area contributed by atoms with Gasteiger partial charge in [0.1, 0.15) is 17.3 Å². The minimum Gasteiger partial charge on any atom is -0.495 e. The zero-order valence-corrected chi connectivity index (χ0v) is 14.6. The van der Waals surface area contributed by atoms with E-state index in [-0.39, 0.29) is 11.6 Å². The van der Waals surface area contributed by atoms with Gasteiger partial charge in [-0.1, -0.05) is 19.9 Å². The molecule has 1 heterocycles. The number of ether oxygens (including phenoxy) is 1. The van der Waals surface area contributed by atoms with Crippen molar-refractivity contribution >= 4 is 17.4 Å². The topological polar surface area (TPSA) is 76.1 Å². The molecule has 0 aliphatic rings. The van der Waals surface area contributed by atoms with E-state index in [0.29, 0.717) is 23.2 Å². The van der Waals surface area contributed by atoms with E-state index >= 15 is 0 Å². The molecular weight excluding hydrogens is 304 g/mol. The summed E-state index contributed by atoms with van der Waals surface area (Å²) in [5.74, 6) is 1.58. The van der Waals surface area contributed by atoms with Gasteiger partial charge < -0.3 is 15.4 Å². The van der Waals surface area contributed by atoms with E-state index in [1.54, 1.807) is 13.3 Å². The highest BCUT2D eigenvalue weighted by Gasteiger charge is 2.12. The molecule has 6 nitrogen and oxygen atoms in total. The third-order valence-corrected chi connectivity index (χ3v) is 3.52. The predicted molar refractivity (Wildman–Crippen MR) is 95.7 cm³/mol. The van der Waals surface area contributed by atoms with Gasteiger partial charge in [-0.3, -0.25) is 4.79 Å². The fourth-order valence-corrected chi connectivity index (χ4v) is 2.13. The Morgan fingerprint density at radius 1 is 1.25 bits per heavy atom. The highest BCUT2D eigenvalue weighted by Crippen LogP contribution is 2.25. The van der Waals surface area contributed by atoms with E-state index < -0.39 is 0 Å². The van der Waals surface area contributed by atoms with Crippen LogP contribution < -0.4 is 15.4 Å². The number of amides is 1. The fraction of sp³-hybridized carbons (Fsp3) is 0.389. The Morgan fingerprint density at radius 3 is 2.67 bits per heavy atom. The summed E-state index contributed by atoms with van der Waals surface area (Å²) in [7, 11) is 1.57. The first-order chi connectivity index (χ1) is 11.5. The normalized spacial score (nSPS) is 10.5. The van der Waals surface area contributed by atoms with Crippen LogP contribution in [-0.4, -0.2) is 29.5 Å². The van der Waals surface area contributed by atoms with Crippen LogP contribution in [0, 0.1) is 12.8 Å². The van der Waals surface area contributed by atoms with Crippen LogP contribution in [0.1, 0.15) is 36.3 Å². The quantitative estimate of drug-likeness (QED) is 0.813. The molecule has 2 rings (SSSR count). The molecule has 24 heavy (non-hydrogen) atoms. The number of nitrogens with one attached hydrogen (secondary N) is 2. The third-order valence-electron chi connectivity index (χ3n) is 3.52. The second kappa shape index (κ2) is 8.29. The lowest BCUT2D eigenvalue weighted by atomic mass is 10.1. The van der Waals surface area contributed by atoms with Gasteiger partial charge in [-0.05, 0) is 37.0 Å². The van der Waals surface area contributed by atoms with E-state index in [2.05, 4.69) is 34.4 Å². The van der Waals surface area contributed by atoms with Crippen molar-refractivity contribution in [3.8, 4) is 5.75 Å². The summed E-state index contributed by atoms with van der Waals surface area (Å²) in [4.78, 5) is 20.7. The molecule has 0 bridgehead atoms. The van der Waals surface area contributed by atoms with Crippen LogP contribution in [0.25, 0.3) is 0 Å². The number of aromatic nitrogens is 2. The van der Waals surface area contributed by atoms with Crippen LogP contribution >= 0.6 is 0 Å². The van der Waals surface area contributed by atoms with Gasteiger partial charge in [0.2, 0.25) is 0 Å². The van der Waals surface area contributed by atoms with E-state index in [1.807, 2.05) is 25.1 Å². The number of benzene rings is 1. The lowest BCUT2D eigenvalue weighted by Crippen LogP contribution is -2.15. The van der Waals surface area contributed by atoms with Crippen LogP contribution in [0.15, 0.2) is 30.6 Å². The molecule has 1 aromatic heterocycles. The van der Waals surface area contributed by atoms with Gasteiger partial charge in [0.15, 0.2) is 0 Å². The second-order valence-electron chi connectivity index (χ2n) is 6.05. The molecule has 2 aromatic rings. The fourth-order valence-electron chi connectivity index (χ4n) is 2.13. The highest BCUT2D eigenvalue weighted by atomic mass is 16.5. The van der Waals surface area contributed by atoms with Crippen LogP contribution in [0.5, 0.6) is 5.75 Å². The molecule has 1 amide bonds. The average Bonchev–Trinajstić information content (AvgIpc) is 2.55. The molecule has 0 aliphatic heterocycles. The summed E-state index contributed by atoms with van der Waals surface area (Å²) in [5.41, 5.74) is 1.90. The molecule has 128 valence electrons. The zero-order chi connectivity index (χ0) is 17.5. The lowest BCUT2D eigenvalue weighted by molar-refractivity contribution is 0.102. The van der Waals surface area contributed by atoms with Crippen molar-refractivity contribution in [2.75, 3.05) is 24.3 Å². The van der Waals surface area contributed by atoms with Crippen molar-refractivity contribution in [3.63, 3.8) is 0 Å². The monoisotopic (exact) mass is 328 g/mol. The first kappa shape index (κ1) is 17.7. The van der Waals surface area contributed by atoms with Gasteiger partial charge in [-0.2, -0.15) is 0 Å². The Bertz CT molecular complexity index is 684. The number of nitrogens with zero attached hydrogens (tertiary/aromatic N) is 2. The van der Waals surface area contributed by atoms with Crippen molar-refractivity contribution in [2.24, 2.45) is 5.92 Å². The van der Waals surface area contributed by atoms with Crippen molar-refractivity contribution in [1.29, 1.82) is 0 Å². The van der Waals surface area contributed by atoms with Gasteiger partial charge in [-0.25, -0.2) is 9.97 Å². The molecule has 0 saturated carbocycles. The minimum absolute atomic E-state index is 0.257. The molecule has 0 unspecified atom stereocenters. The van der Waals surface area contributed by atoms with Crippen LogP contribution in [0.3, 0.4) is 0 Å². The smallest absolute Gasteiger partial charge is 0.275 e. The molecule has 0 spiro atoms. The first-order valence-corrected chi connectivity index (χ1v) is 8.01. The van der Waals surface area contributed by atoms with E-state index in [9.17, 15) is 4.79 Å². The van der Waals surface area contributed by atoms with Crippen molar-refractivity contribution < 1.29 is 9.53 Å². The standard InChI is InChI=1S/C18H24N4O2/c1-12(2)7-8-19-17-11-20-15(10-21-17)18(23)22-14-9-13(3)5-6-16(14)24-4/h5-6,9-12H,7-8H2,1-4H3,(H,19,21)(H,22,23). The molecule has 0 fully saturated rings. The number of hydrogen-bond acceptors (Lipinski definition) is 5. The number of anilines is 2. The zero-order valence-electron chi connectivity index (χ0n) is 14.6. The Hall–Kier alpha value is -2.63. The average molecular weight is 328 g/mol. The highest BCUT2D eigenvalue weighted by molar-refractivity contribution is 6.03. The van der Waals surface area contributed by atoms with E-state index in [1.165, 1.54) is 6.20 Å². The molecule has 1 aromatic carbocycles. The van der Waals surface area contributed by atoms with Crippen LogP contribution in [0.2, 0.25) is 0 Å². The largest absolute Gasteiger partial charge is 0.495 e. The van der Waals surface area contributed by atoms with Crippen molar-refractivity contribution in [1.82, 2.24) is 9.97 Å². The number of hydrogen-bond donors (Lipinski definition) is 2. The SMILES string of the molecule is COc1ccc(C)cc1NC(=O)c1cnc(NCCC(C)C)cn1. The summed E-state index contributed by atoms with van der Waals surface area (Å²) >= 11 is 0. The number of rotatable bonds is 7. The third kappa shape index (κ3) is 4.94. The summed E-state index contributed by atoms with van der Waals surface area (Å²) in [6, 6.07) is 5.59. The molecule has 0 atom stereocenters. The summed E-state index contributed by atoms with van der Waals surface area (Å²) in [6.45, 7) is 7.12. The Labute approximate surface area is 142 Å². The molecule has 0 radical (unpaired) electrons. The van der Waals surface area contributed by atoms with Crippen LogP contribution in [0.4, 0.5) is 11.5 Å². The summed E-state index contributed by atoms with van der Waals surface area (Å²) in [5, 5.41) is 6.00. The van der Waals surface area contributed by atoms with Crippen molar-refractivity contribution in [2.45, 2.75) is 27.2 Å². The van der Waals surface area contributed by atoms with Gasteiger partial charge >= 0.3 is 0 Å². The van der Waals surface area contributed by atoms with Gasteiger partial charge in [0.05, 0.1) is 25.2 Å². The van der Waals surface area contributed by atoms with Crippen molar-refractivity contribution in [3.05, 3.63) is 41.9 Å². The van der Waals surface area contributed by atoms with E-state index in [4.69, 9.17) is 4.74 Å².